The molecule has 0 aromatic carbocycles. The zero-order valence-corrected chi connectivity index (χ0v) is 13.8. The summed E-state index contributed by atoms with van der Waals surface area (Å²) in [5.41, 5.74) is 1.42. The van der Waals surface area contributed by atoms with Crippen molar-refractivity contribution in [3.8, 4) is 0 Å². The van der Waals surface area contributed by atoms with E-state index < -0.39 is 18.0 Å². The number of nitrogens with zero attached hydrogens (tertiary/aromatic N) is 1. The second-order valence-corrected chi connectivity index (χ2v) is 5.13. The number of aromatic amines is 1. The average molecular weight is 310 g/mol. The van der Waals surface area contributed by atoms with Gasteiger partial charge in [-0.2, -0.15) is 0 Å². The molecule has 1 heterocycles. The standard InChI is InChI=1S/C15H22N2O5/c1-7-21-15(20)12-8(2)11(9(3)16-12)14(19)22-10(4)13(18)17(5)6/h10,16H,7H2,1-6H3/t10-/m1/s1. The van der Waals surface area contributed by atoms with Gasteiger partial charge in [0.05, 0.1) is 12.2 Å². The number of ether oxygens (including phenoxy) is 2. The smallest absolute Gasteiger partial charge is 0.355 e. The van der Waals surface area contributed by atoms with Crippen molar-refractivity contribution in [2.75, 3.05) is 20.7 Å². The minimum atomic E-state index is -0.901. The van der Waals surface area contributed by atoms with Crippen molar-refractivity contribution in [1.29, 1.82) is 0 Å². The molecule has 22 heavy (non-hydrogen) atoms. The van der Waals surface area contributed by atoms with Gasteiger partial charge in [-0.25, -0.2) is 9.59 Å². The zero-order valence-electron chi connectivity index (χ0n) is 13.8. The first kappa shape index (κ1) is 17.7. The summed E-state index contributed by atoms with van der Waals surface area (Å²) in [5, 5.41) is 0. The first-order valence-corrected chi connectivity index (χ1v) is 6.99. The molecule has 0 saturated carbocycles. The zero-order chi connectivity index (χ0) is 17.0. The van der Waals surface area contributed by atoms with Gasteiger partial charge in [-0.15, -0.1) is 0 Å². The van der Waals surface area contributed by atoms with Gasteiger partial charge >= 0.3 is 11.9 Å². The topological polar surface area (TPSA) is 88.7 Å². The third-order valence-corrected chi connectivity index (χ3v) is 3.19. The van der Waals surface area contributed by atoms with Crippen LogP contribution in [0.5, 0.6) is 0 Å². The minimum absolute atomic E-state index is 0.220. The molecule has 0 aliphatic carbocycles. The Balaban J connectivity index is 3.00. The van der Waals surface area contributed by atoms with Gasteiger partial charge in [0.1, 0.15) is 5.69 Å². The van der Waals surface area contributed by atoms with Gasteiger partial charge in [-0.05, 0) is 33.3 Å². The molecule has 0 spiro atoms. The minimum Gasteiger partial charge on any atom is -0.461 e. The third kappa shape index (κ3) is 3.66. The van der Waals surface area contributed by atoms with Gasteiger partial charge in [0, 0.05) is 19.8 Å². The Morgan fingerprint density at radius 1 is 1.18 bits per heavy atom. The molecule has 1 aromatic rings. The number of amides is 1. The van der Waals surface area contributed by atoms with Crippen LogP contribution < -0.4 is 0 Å². The maximum Gasteiger partial charge on any atom is 0.355 e. The van der Waals surface area contributed by atoms with Gasteiger partial charge in [0.2, 0.25) is 0 Å². The lowest BCUT2D eigenvalue weighted by Gasteiger charge is -2.17. The van der Waals surface area contributed by atoms with Crippen LogP contribution in [0.2, 0.25) is 0 Å². The van der Waals surface area contributed by atoms with Crippen LogP contribution in [0.1, 0.15) is 46.0 Å². The average Bonchev–Trinajstić information content (AvgIpc) is 2.73. The Bertz CT molecular complexity index is 589. The van der Waals surface area contributed by atoms with E-state index in [9.17, 15) is 14.4 Å². The molecule has 7 nitrogen and oxygen atoms in total. The van der Waals surface area contributed by atoms with Crippen LogP contribution in [-0.4, -0.2) is 54.5 Å². The molecule has 0 radical (unpaired) electrons. The molecular weight excluding hydrogens is 288 g/mol. The van der Waals surface area contributed by atoms with E-state index in [1.807, 2.05) is 0 Å². The summed E-state index contributed by atoms with van der Waals surface area (Å²) in [6, 6.07) is 0. The molecule has 1 aromatic heterocycles. The maximum atomic E-state index is 12.3. The number of likely N-dealkylation sites (N-methyl/N-ethyl adjacent to an activating group) is 1. The Labute approximate surface area is 129 Å². The molecule has 0 aliphatic heterocycles. The molecule has 0 bridgehead atoms. The maximum absolute atomic E-state index is 12.3. The summed E-state index contributed by atoms with van der Waals surface area (Å²) >= 11 is 0. The van der Waals surface area contributed by atoms with Crippen LogP contribution in [0.4, 0.5) is 0 Å². The van der Waals surface area contributed by atoms with E-state index in [1.54, 1.807) is 34.9 Å². The van der Waals surface area contributed by atoms with Gasteiger partial charge < -0.3 is 19.4 Å². The lowest BCUT2D eigenvalue weighted by molar-refractivity contribution is -0.137. The molecule has 0 unspecified atom stereocenters. The fourth-order valence-electron chi connectivity index (χ4n) is 2.10. The summed E-state index contributed by atoms with van der Waals surface area (Å²) in [5.74, 6) is -1.49. The number of aromatic nitrogens is 1. The number of rotatable bonds is 5. The second kappa shape index (κ2) is 7.11. The fourth-order valence-corrected chi connectivity index (χ4v) is 2.10. The van der Waals surface area contributed by atoms with E-state index in [0.717, 1.165) is 0 Å². The van der Waals surface area contributed by atoms with Crippen molar-refractivity contribution in [1.82, 2.24) is 9.88 Å². The van der Waals surface area contributed by atoms with E-state index in [-0.39, 0.29) is 23.8 Å². The molecule has 0 saturated heterocycles. The van der Waals surface area contributed by atoms with Crippen molar-refractivity contribution in [3.05, 3.63) is 22.5 Å². The van der Waals surface area contributed by atoms with E-state index >= 15 is 0 Å². The normalized spacial score (nSPS) is 11.7. The number of aryl methyl sites for hydroxylation is 1. The largest absolute Gasteiger partial charge is 0.461 e. The van der Waals surface area contributed by atoms with Crippen LogP contribution in [-0.2, 0) is 14.3 Å². The molecule has 1 N–H and O–H groups in total. The van der Waals surface area contributed by atoms with Crippen molar-refractivity contribution >= 4 is 17.8 Å². The SMILES string of the molecule is CCOC(=O)c1[nH]c(C)c(C(=O)O[C@H](C)C(=O)N(C)C)c1C. The number of hydrogen-bond donors (Lipinski definition) is 1. The number of nitrogens with one attached hydrogen (secondary N) is 1. The molecule has 122 valence electrons. The Morgan fingerprint density at radius 3 is 2.27 bits per heavy atom. The molecule has 0 aliphatic rings. The third-order valence-electron chi connectivity index (χ3n) is 3.19. The lowest BCUT2D eigenvalue weighted by atomic mass is 10.1. The van der Waals surface area contributed by atoms with E-state index in [2.05, 4.69) is 4.98 Å². The summed E-state index contributed by atoms with van der Waals surface area (Å²) in [4.78, 5) is 40.0. The highest BCUT2D eigenvalue weighted by Crippen LogP contribution is 2.20. The number of carbonyl (C=O) groups is 3. The molecule has 1 atom stereocenters. The van der Waals surface area contributed by atoms with Crippen molar-refractivity contribution in [2.24, 2.45) is 0 Å². The van der Waals surface area contributed by atoms with Crippen LogP contribution in [0, 0.1) is 13.8 Å². The monoisotopic (exact) mass is 310 g/mol. The number of hydrogen-bond acceptors (Lipinski definition) is 5. The van der Waals surface area contributed by atoms with Crippen LogP contribution in [0.15, 0.2) is 0 Å². The van der Waals surface area contributed by atoms with E-state index in [0.29, 0.717) is 11.3 Å². The van der Waals surface area contributed by atoms with Crippen molar-refractivity contribution in [3.63, 3.8) is 0 Å². The summed E-state index contributed by atoms with van der Waals surface area (Å²) < 4.78 is 10.1. The first-order chi connectivity index (χ1) is 10.2. The Kier molecular flexibility index (Phi) is 5.73. The highest BCUT2D eigenvalue weighted by atomic mass is 16.5. The summed E-state index contributed by atoms with van der Waals surface area (Å²) in [6.07, 6.45) is -0.901. The highest BCUT2D eigenvalue weighted by Gasteiger charge is 2.27. The van der Waals surface area contributed by atoms with Gasteiger partial charge in [0.25, 0.3) is 5.91 Å². The van der Waals surface area contributed by atoms with Gasteiger partial charge in [0.15, 0.2) is 6.10 Å². The fraction of sp³-hybridized carbons (Fsp3) is 0.533. The molecule has 1 rings (SSSR count). The van der Waals surface area contributed by atoms with Crippen LogP contribution >= 0.6 is 0 Å². The van der Waals surface area contributed by atoms with Crippen molar-refractivity contribution < 1.29 is 23.9 Å². The Morgan fingerprint density at radius 2 is 1.77 bits per heavy atom. The van der Waals surface area contributed by atoms with Crippen LogP contribution in [0.25, 0.3) is 0 Å². The lowest BCUT2D eigenvalue weighted by Crippen LogP contribution is -2.35. The second-order valence-electron chi connectivity index (χ2n) is 5.13. The molecule has 7 heteroatoms. The predicted molar refractivity (Wildman–Crippen MR) is 79.8 cm³/mol. The molecule has 1 amide bonds. The number of H-pyrrole nitrogens is 1. The van der Waals surface area contributed by atoms with Crippen molar-refractivity contribution in [2.45, 2.75) is 33.8 Å². The van der Waals surface area contributed by atoms with E-state index in [4.69, 9.17) is 9.47 Å². The molecular formula is C15H22N2O5. The highest BCUT2D eigenvalue weighted by molar-refractivity contribution is 5.99. The Hall–Kier alpha value is -2.31. The van der Waals surface area contributed by atoms with Crippen LogP contribution in [0.3, 0.4) is 0 Å². The number of esters is 2. The van der Waals surface area contributed by atoms with Gasteiger partial charge in [-0.3, -0.25) is 4.79 Å². The predicted octanol–water partition coefficient (Wildman–Crippen LogP) is 1.44. The summed E-state index contributed by atoms with van der Waals surface area (Å²) in [7, 11) is 3.16. The summed E-state index contributed by atoms with van der Waals surface area (Å²) in [6.45, 7) is 6.73. The quantitative estimate of drug-likeness (QED) is 0.831. The first-order valence-electron chi connectivity index (χ1n) is 6.99. The number of carbonyl (C=O) groups excluding carboxylic acids is 3. The van der Waals surface area contributed by atoms with Gasteiger partial charge in [-0.1, -0.05) is 0 Å². The molecule has 0 fully saturated rings. The van der Waals surface area contributed by atoms with E-state index in [1.165, 1.54) is 11.8 Å².